The molecule has 0 aliphatic heterocycles. The predicted molar refractivity (Wildman–Crippen MR) is 101 cm³/mol. The Balaban J connectivity index is 1.97. The van der Waals surface area contributed by atoms with Crippen molar-refractivity contribution in [3.63, 3.8) is 0 Å². The third-order valence-electron chi connectivity index (χ3n) is 4.89. The van der Waals surface area contributed by atoms with Crippen LogP contribution in [0.3, 0.4) is 0 Å². The number of nitrogens with one attached hydrogen (secondary N) is 1. The summed E-state index contributed by atoms with van der Waals surface area (Å²) < 4.78 is 7.20. The number of hydrogen-bond acceptors (Lipinski definition) is 4. The van der Waals surface area contributed by atoms with Gasteiger partial charge in [-0.05, 0) is 56.4 Å². The van der Waals surface area contributed by atoms with Crippen LogP contribution in [0, 0.1) is 5.41 Å². The molecule has 2 aromatic rings. The maximum Gasteiger partial charge on any atom is 0.239 e. The summed E-state index contributed by atoms with van der Waals surface area (Å²) in [5.41, 5.74) is 8.28. The monoisotopic (exact) mass is 356 g/mol. The van der Waals surface area contributed by atoms with E-state index >= 15 is 0 Å². The van der Waals surface area contributed by atoms with Gasteiger partial charge in [-0.25, -0.2) is 4.68 Å². The van der Waals surface area contributed by atoms with E-state index in [1.165, 1.54) is 0 Å². The largest absolute Gasteiger partial charge is 0.497 e. The number of rotatable bonds is 4. The van der Waals surface area contributed by atoms with Crippen LogP contribution in [0.4, 0.5) is 0 Å². The van der Waals surface area contributed by atoms with Crippen molar-refractivity contribution in [3.8, 4) is 11.4 Å². The summed E-state index contributed by atoms with van der Waals surface area (Å²) in [6, 6.07) is 7.74. The van der Waals surface area contributed by atoms with Crippen molar-refractivity contribution in [2.45, 2.75) is 52.1 Å². The molecular formula is C20H28N4O2. The third kappa shape index (κ3) is 3.60. The molecule has 1 heterocycles. The molecule has 1 aromatic heterocycles. The van der Waals surface area contributed by atoms with Gasteiger partial charge in [0.25, 0.3) is 0 Å². The highest BCUT2D eigenvalue weighted by atomic mass is 16.5. The minimum absolute atomic E-state index is 0.0495. The maximum atomic E-state index is 12.4. The number of amides is 1. The Kier molecular flexibility index (Phi) is 4.56. The zero-order valence-corrected chi connectivity index (χ0v) is 16.2. The molecule has 3 rings (SSSR count). The first-order chi connectivity index (χ1) is 12.1. The Morgan fingerprint density at radius 3 is 2.58 bits per heavy atom. The number of fused-ring (bicyclic) bond motifs is 1. The van der Waals surface area contributed by atoms with E-state index in [1.807, 2.05) is 35.1 Å². The molecule has 0 saturated carbocycles. The number of hydrogen-bond donors (Lipinski definition) is 2. The fourth-order valence-corrected chi connectivity index (χ4v) is 3.46. The maximum absolute atomic E-state index is 12.4. The van der Waals surface area contributed by atoms with Gasteiger partial charge >= 0.3 is 0 Å². The second-order valence-electron chi connectivity index (χ2n) is 8.45. The van der Waals surface area contributed by atoms with Crippen LogP contribution in [0.15, 0.2) is 30.5 Å². The molecule has 26 heavy (non-hydrogen) atoms. The van der Waals surface area contributed by atoms with Gasteiger partial charge in [0.15, 0.2) is 0 Å². The fraction of sp³-hybridized carbons (Fsp3) is 0.500. The van der Waals surface area contributed by atoms with Crippen molar-refractivity contribution in [2.75, 3.05) is 7.11 Å². The lowest BCUT2D eigenvalue weighted by Gasteiger charge is -2.37. The summed E-state index contributed by atoms with van der Waals surface area (Å²) in [6.07, 6.45) is 3.62. The number of nitrogens with two attached hydrogens (primary N) is 1. The third-order valence-corrected chi connectivity index (χ3v) is 4.89. The van der Waals surface area contributed by atoms with Gasteiger partial charge in [0, 0.05) is 5.56 Å². The normalized spacial score (nSPS) is 18.9. The standard InChI is InChI=1S/C20H28N4O2/c1-19(2)10-16(23-18(25)20(3,4)21)15-12-22-24(17(15)11-19)13-6-8-14(26-5)9-7-13/h6-9,12,16H,10-11,21H2,1-5H3,(H,23,25). The second-order valence-corrected chi connectivity index (χ2v) is 8.45. The van der Waals surface area contributed by atoms with Gasteiger partial charge in [-0.1, -0.05) is 13.8 Å². The number of ether oxygens (including phenoxy) is 1. The summed E-state index contributed by atoms with van der Waals surface area (Å²) in [5.74, 6) is 0.661. The van der Waals surface area contributed by atoms with E-state index in [0.29, 0.717) is 0 Å². The Morgan fingerprint density at radius 2 is 2.00 bits per heavy atom. The molecule has 1 aromatic carbocycles. The van der Waals surface area contributed by atoms with Crippen molar-refractivity contribution < 1.29 is 9.53 Å². The van der Waals surface area contributed by atoms with E-state index in [2.05, 4.69) is 24.3 Å². The minimum atomic E-state index is -0.909. The van der Waals surface area contributed by atoms with Crippen molar-refractivity contribution in [1.82, 2.24) is 15.1 Å². The van der Waals surface area contributed by atoms with Gasteiger partial charge in [0.2, 0.25) is 5.91 Å². The highest BCUT2D eigenvalue weighted by molar-refractivity contribution is 5.85. The number of benzene rings is 1. The van der Waals surface area contributed by atoms with Crippen LogP contribution in [0.2, 0.25) is 0 Å². The molecule has 6 nitrogen and oxygen atoms in total. The van der Waals surface area contributed by atoms with Crippen LogP contribution in [0.1, 0.15) is 51.4 Å². The second kappa shape index (κ2) is 6.43. The summed E-state index contributed by atoms with van der Waals surface area (Å²) in [5, 5.41) is 7.72. The molecule has 1 amide bonds. The molecule has 0 fully saturated rings. The molecule has 0 bridgehead atoms. The van der Waals surface area contributed by atoms with Crippen molar-refractivity contribution >= 4 is 5.91 Å². The molecule has 1 atom stereocenters. The van der Waals surface area contributed by atoms with Gasteiger partial charge in [-0.2, -0.15) is 5.10 Å². The van der Waals surface area contributed by atoms with Crippen LogP contribution in [-0.4, -0.2) is 28.3 Å². The average Bonchev–Trinajstić information content (AvgIpc) is 2.96. The average molecular weight is 356 g/mol. The predicted octanol–water partition coefficient (Wildman–Crippen LogP) is 2.75. The van der Waals surface area contributed by atoms with E-state index < -0.39 is 5.54 Å². The number of aromatic nitrogens is 2. The van der Waals surface area contributed by atoms with Gasteiger partial charge in [-0.3, -0.25) is 4.79 Å². The first kappa shape index (κ1) is 18.5. The smallest absolute Gasteiger partial charge is 0.239 e. The lowest BCUT2D eigenvalue weighted by Crippen LogP contribution is -2.51. The van der Waals surface area contributed by atoms with E-state index in [1.54, 1.807) is 21.0 Å². The fourth-order valence-electron chi connectivity index (χ4n) is 3.46. The zero-order valence-electron chi connectivity index (χ0n) is 16.2. The highest BCUT2D eigenvalue weighted by Crippen LogP contribution is 2.41. The van der Waals surface area contributed by atoms with Gasteiger partial charge in [0.1, 0.15) is 5.75 Å². The molecular weight excluding hydrogens is 328 g/mol. The van der Waals surface area contributed by atoms with Crippen molar-refractivity contribution in [3.05, 3.63) is 41.7 Å². The summed E-state index contributed by atoms with van der Waals surface area (Å²) >= 11 is 0. The SMILES string of the molecule is COc1ccc(-n2ncc3c2CC(C)(C)CC3NC(=O)C(C)(C)N)cc1. The molecule has 140 valence electrons. The molecule has 1 aliphatic rings. The van der Waals surface area contributed by atoms with E-state index in [4.69, 9.17) is 10.5 Å². The van der Waals surface area contributed by atoms with Crippen LogP contribution in [0.5, 0.6) is 5.75 Å². The molecule has 0 radical (unpaired) electrons. The molecule has 1 aliphatic carbocycles. The molecule has 6 heteroatoms. The summed E-state index contributed by atoms with van der Waals surface area (Å²) in [4.78, 5) is 12.4. The highest BCUT2D eigenvalue weighted by Gasteiger charge is 2.37. The Hall–Kier alpha value is -2.34. The van der Waals surface area contributed by atoms with Crippen LogP contribution >= 0.6 is 0 Å². The molecule has 0 spiro atoms. The van der Waals surface area contributed by atoms with Crippen molar-refractivity contribution in [2.24, 2.45) is 11.1 Å². The van der Waals surface area contributed by atoms with Gasteiger partial charge < -0.3 is 15.8 Å². The number of methoxy groups -OCH3 is 1. The number of carbonyl (C=O) groups excluding carboxylic acids is 1. The van der Waals surface area contributed by atoms with Crippen LogP contribution in [0.25, 0.3) is 5.69 Å². The van der Waals surface area contributed by atoms with E-state index in [9.17, 15) is 4.79 Å². The number of nitrogens with zero attached hydrogens (tertiary/aromatic N) is 2. The summed E-state index contributed by atoms with van der Waals surface area (Å²) in [6.45, 7) is 7.87. The van der Waals surface area contributed by atoms with Crippen LogP contribution < -0.4 is 15.8 Å². The molecule has 1 unspecified atom stereocenters. The Bertz CT molecular complexity index is 800. The zero-order chi connectivity index (χ0) is 19.1. The Morgan fingerprint density at radius 1 is 1.35 bits per heavy atom. The quantitative estimate of drug-likeness (QED) is 0.882. The topological polar surface area (TPSA) is 82.2 Å². The van der Waals surface area contributed by atoms with Crippen LogP contribution in [-0.2, 0) is 11.2 Å². The lowest BCUT2D eigenvalue weighted by molar-refractivity contribution is -0.126. The lowest BCUT2D eigenvalue weighted by atomic mass is 9.74. The van der Waals surface area contributed by atoms with E-state index in [-0.39, 0.29) is 17.4 Å². The minimum Gasteiger partial charge on any atom is -0.497 e. The Labute approximate surface area is 154 Å². The van der Waals surface area contributed by atoms with Gasteiger partial charge in [-0.15, -0.1) is 0 Å². The van der Waals surface area contributed by atoms with Crippen molar-refractivity contribution in [1.29, 1.82) is 0 Å². The molecule has 3 N–H and O–H groups in total. The van der Waals surface area contributed by atoms with Gasteiger partial charge in [0.05, 0.1) is 36.3 Å². The van der Waals surface area contributed by atoms with E-state index in [0.717, 1.165) is 35.5 Å². The summed E-state index contributed by atoms with van der Waals surface area (Å²) in [7, 11) is 1.65. The first-order valence-corrected chi connectivity index (χ1v) is 8.92. The molecule has 0 saturated heterocycles. The first-order valence-electron chi connectivity index (χ1n) is 8.92. The number of carbonyl (C=O) groups is 1.